The van der Waals surface area contributed by atoms with Crippen molar-refractivity contribution < 1.29 is 98.1 Å². The van der Waals surface area contributed by atoms with E-state index in [9.17, 15) is 78.0 Å². The first-order chi connectivity index (χ1) is 32.0. The molecule has 6 aromatic rings. The number of nitrogens with zero attached hydrogens (tertiary/aromatic N) is 2. The molecule has 19 heteroatoms. The van der Waals surface area contributed by atoms with Crippen LogP contribution in [0.2, 0.25) is 0 Å². The first-order valence-electron chi connectivity index (χ1n) is 19.8. The summed E-state index contributed by atoms with van der Waals surface area (Å²) in [4.78, 5) is 128. The van der Waals surface area contributed by atoms with Gasteiger partial charge in [-0.25, -0.2) is 0 Å². The number of carboxylic acid groups (broad SMARTS) is 4. The number of rotatable bonds is 14. The van der Waals surface area contributed by atoms with Crippen molar-refractivity contribution in [2.45, 2.75) is 53.4 Å². The zero-order valence-corrected chi connectivity index (χ0v) is 39.7. The minimum Gasteiger partial charge on any atom is -0.542 e. The Bertz CT molecular complexity index is 2520. The third kappa shape index (κ3) is 24.6. The van der Waals surface area contributed by atoms with Crippen LogP contribution in [0.4, 0.5) is 0 Å². The largest absolute Gasteiger partial charge is 4.00 e. The maximum absolute atomic E-state index is 10.1. The summed E-state index contributed by atoms with van der Waals surface area (Å²) in [6.45, 7) is 4.56. The van der Waals surface area contributed by atoms with Gasteiger partial charge in [-0.2, -0.15) is 0 Å². The van der Waals surface area contributed by atoms with Gasteiger partial charge in [-0.05, 0) is 50.6 Å². The van der Waals surface area contributed by atoms with E-state index in [4.69, 9.17) is 0 Å². The monoisotopic (exact) mass is 1120 g/mol. The quantitative estimate of drug-likeness (QED) is 0.108. The van der Waals surface area contributed by atoms with Crippen LogP contribution in [0.15, 0.2) is 134 Å². The number of hydrogen-bond acceptors (Lipinski definition) is 18. The van der Waals surface area contributed by atoms with E-state index in [1.807, 2.05) is 60.9 Å². The second kappa shape index (κ2) is 32.3. The Hall–Kier alpha value is -8.41. The topological polar surface area (TPSA) is 323 Å². The number of hydrogen-bond donors (Lipinski definition) is 0. The summed E-state index contributed by atoms with van der Waals surface area (Å²) in [5, 5.41) is 43.4. The van der Waals surface area contributed by atoms with Gasteiger partial charge in [0.25, 0.3) is 0 Å². The molecule has 0 atom stereocenters. The van der Waals surface area contributed by atoms with Crippen LogP contribution in [0.1, 0.15) is 53.4 Å². The van der Waals surface area contributed by atoms with E-state index in [0.29, 0.717) is 0 Å². The van der Waals surface area contributed by atoms with E-state index in [2.05, 4.69) is 82.8 Å². The van der Waals surface area contributed by atoms with Crippen LogP contribution in [0.25, 0.3) is 44.1 Å². The number of carboxylic acids is 4. The van der Waals surface area contributed by atoms with Crippen molar-refractivity contribution in [2.75, 3.05) is 0 Å². The summed E-state index contributed by atoms with van der Waals surface area (Å²) in [7, 11) is 0. The SMILES string of the molecule is CC(=O)CC(=O)C(=O)[O-].CC(=O)CC(=O)C(=O)[O-].CC(=O)CC(=O)C(=O)[O-].CC(=O)CC(=O)C(=O)[O-].[Ir+4].c1ccc(-c2nccc3ccccc23)cc1.c1ccc(-c2nccc3ccccc23)cc1. The molecule has 0 N–H and O–H groups in total. The van der Waals surface area contributed by atoms with Crippen LogP contribution in [0.5, 0.6) is 0 Å². The number of Topliss-reactive ketones (excluding diaryl/α,β-unsaturated/α-hetero) is 8. The molecule has 2 aromatic heterocycles. The van der Waals surface area contributed by atoms with Gasteiger partial charge in [0.05, 0.1) is 37.1 Å². The number of fused-ring (bicyclic) bond motifs is 2. The first kappa shape index (κ1) is 60.6. The molecule has 357 valence electrons. The number of ketones is 8. The molecule has 0 saturated heterocycles. The Morgan fingerprint density at radius 1 is 0.348 bits per heavy atom. The fraction of sp³-hybridized carbons (Fsp3) is 0.160. The van der Waals surface area contributed by atoms with Crippen molar-refractivity contribution in [1.82, 2.24) is 9.97 Å². The van der Waals surface area contributed by atoms with Crippen LogP contribution in [0, 0.1) is 0 Å². The Kier molecular flexibility index (Phi) is 28.4. The van der Waals surface area contributed by atoms with Gasteiger partial charge in [-0.15, -0.1) is 0 Å². The smallest absolute Gasteiger partial charge is 0.542 e. The Morgan fingerprint density at radius 3 is 0.797 bits per heavy atom. The molecule has 6 rings (SSSR count). The van der Waals surface area contributed by atoms with Crippen LogP contribution >= 0.6 is 0 Å². The summed E-state index contributed by atoms with van der Waals surface area (Å²) in [6.07, 6.45) is 1.46. The minimum absolute atomic E-state index is 0. The Morgan fingerprint density at radius 2 is 0.580 bits per heavy atom. The fourth-order valence-corrected chi connectivity index (χ4v) is 5.08. The standard InChI is InChI=1S/2C15H11N.4C5H6O4.Ir/c2*1-2-7-13(8-3-1)15-14-9-5-4-6-12(14)10-11-16-15;4*1-3(6)2-4(7)5(8)9;/h2*1-11H;4*2H2,1H3,(H,8,9);/q;;;;;;+4/p-4. The molecule has 0 aliphatic rings. The molecular formula is C50H42IrN2O16. The van der Waals surface area contributed by atoms with E-state index in [1.54, 1.807) is 0 Å². The number of carbonyl (C=O) groups excluding carboxylic acids is 12. The zero-order chi connectivity index (χ0) is 51.3. The first-order valence-corrected chi connectivity index (χ1v) is 19.8. The van der Waals surface area contributed by atoms with Crippen molar-refractivity contribution in [1.29, 1.82) is 0 Å². The van der Waals surface area contributed by atoms with Crippen molar-refractivity contribution in [3.63, 3.8) is 0 Å². The van der Waals surface area contributed by atoms with E-state index >= 15 is 0 Å². The Labute approximate surface area is 407 Å². The second-order valence-corrected chi connectivity index (χ2v) is 13.9. The third-order valence-corrected chi connectivity index (χ3v) is 7.99. The van der Waals surface area contributed by atoms with Crippen molar-refractivity contribution in [3.8, 4) is 22.5 Å². The summed E-state index contributed by atoms with van der Waals surface area (Å²) in [6, 6.07) is 41.3. The van der Waals surface area contributed by atoms with Crippen molar-refractivity contribution >= 4 is 91.7 Å². The van der Waals surface area contributed by atoms with Crippen molar-refractivity contribution in [2.24, 2.45) is 0 Å². The van der Waals surface area contributed by atoms with Gasteiger partial charge in [-0.1, -0.05) is 109 Å². The molecule has 0 unspecified atom stereocenters. The van der Waals surface area contributed by atoms with E-state index in [-0.39, 0.29) is 20.1 Å². The third-order valence-electron chi connectivity index (χ3n) is 7.99. The van der Waals surface area contributed by atoms with Crippen molar-refractivity contribution in [3.05, 3.63) is 134 Å². The molecule has 2 heterocycles. The Balaban J connectivity index is 0.000000825. The van der Waals surface area contributed by atoms with Gasteiger partial charge in [0, 0.05) is 34.3 Å². The molecule has 0 spiro atoms. The molecule has 69 heavy (non-hydrogen) atoms. The van der Waals surface area contributed by atoms with Gasteiger partial charge >= 0.3 is 20.1 Å². The normalized spacial score (nSPS) is 9.33. The number of benzene rings is 4. The summed E-state index contributed by atoms with van der Waals surface area (Å²) >= 11 is 0. The van der Waals surface area contributed by atoms with Crippen LogP contribution in [-0.2, 0) is 77.6 Å². The zero-order valence-electron chi connectivity index (χ0n) is 37.3. The van der Waals surface area contributed by atoms with Gasteiger partial charge in [0.2, 0.25) is 0 Å². The van der Waals surface area contributed by atoms with E-state index in [0.717, 1.165) is 39.1 Å². The number of carbonyl (C=O) groups is 12. The van der Waals surface area contributed by atoms with Gasteiger partial charge in [0.15, 0.2) is 23.1 Å². The maximum Gasteiger partial charge on any atom is 4.00 e. The maximum atomic E-state index is 10.1. The van der Waals surface area contributed by atoms with Crippen LogP contribution in [0.3, 0.4) is 0 Å². The molecule has 0 saturated carbocycles. The molecule has 1 radical (unpaired) electrons. The van der Waals surface area contributed by atoms with Gasteiger partial charge < -0.3 is 39.6 Å². The number of aliphatic carboxylic acids is 4. The predicted octanol–water partition coefficient (Wildman–Crippen LogP) is 0.939. The minimum atomic E-state index is -1.80. The van der Waals surface area contributed by atoms with Gasteiger partial charge in [-0.3, -0.25) is 48.3 Å². The molecule has 18 nitrogen and oxygen atoms in total. The second-order valence-electron chi connectivity index (χ2n) is 13.9. The van der Waals surface area contributed by atoms with Gasteiger partial charge in [0.1, 0.15) is 47.0 Å². The number of aromatic nitrogens is 2. The van der Waals surface area contributed by atoms with E-state index in [1.165, 1.54) is 32.7 Å². The number of pyridine rings is 2. The average molecular weight is 1120 g/mol. The molecule has 0 fully saturated rings. The molecule has 0 aliphatic heterocycles. The molecule has 0 bridgehead atoms. The van der Waals surface area contributed by atoms with Crippen LogP contribution in [-0.4, -0.2) is 80.1 Å². The molecule has 0 aliphatic carbocycles. The molecule has 4 aromatic carbocycles. The summed E-state index contributed by atoms with van der Waals surface area (Å²) in [5.41, 5.74) is 4.44. The predicted molar refractivity (Wildman–Crippen MR) is 236 cm³/mol. The molecule has 0 amide bonds. The average Bonchev–Trinajstić information content (AvgIpc) is 3.29. The summed E-state index contributed by atoms with van der Waals surface area (Å²) in [5.74, 6) is -13.7. The molecular weight excluding hydrogens is 1080 g/mol. The fourth-order valence-electron chi connectivity index (χ4n) is 5.08. The van der Waals surface area contributed by atoms with Crippen LogP contribution < -0.4 is 20.4 Å². The van der Waals surface area contributed by atoms with E-state index < -0.39 is 95.8 Å². The summed E-state index contributed by atoms with van der Waals surface area (Å²) < 4.78 is 0.